The summed E-state index contributed by atoms with van der Waals surface area (Å²) in [5.41, 5.74) is 4.05. The molecular weight excluding hydrogens is 338 g/mol. The van der Waals surface area contributed by atoms with Gasteiger partial charge in [-0.1, -0.05) is 18.2 Å². The van der Waals surface area contributed by atoms with Gasteiger partial charge in [0.2, 0.25) is 15.9 Å². The Kier molecular flexibility index (Phi) is 5.69. The highest BCUT2D eigenvalue weighted by Crippen LogP contribution is 2.20. The third-order valence-corrected chi connectivity index (χ3v) is 4.30. The number of benzene rings is 2. The van der Waals surface area contributed by atoms with Crippen LogP contribution in [-0.4, -0.2) is 26.6 Å². The third-order valence-electron chi connectivity index (χ3n) is 3.69. The van der Waals surface area contributed by atoms with Crippen LogP contribution in [0.15, 0.2) is 42.5 Å². The van der Waals surface area contributed by atoms with Crippen molar-refractivity contribution in [2.45, 2.75) is 26.8 Å². The Balaban J connectivity index is 2.01. The molecule has 0 aliphatic heterocycles. The summed E-state index contributed by atoms with van der Waals surface area (Å²) in [5, 5.41) is 6.05. The Morgan fingerprint density at radius 3 is 2.00 bits per heavy atom. The van der Waals surface area contributed by atoms with Crippen LogP contribution in [0.1, 0.15) is 18.1 Å². The Bertz CT molecular complexity index is 841. The van der Waals surface area contributed by atoms with Crippen LogP contribution < -0.4 is 15.4 Å². The molecule has 0 saturated carbocycles. The van der Waals surface area contributed by atoms with Crippen LogP contribution in [0.4, 0.5) is 17.1 Å². The van der Waals surface area contributed by atoms with Gasteiger partial charge in [0.1, 0.15) is 6.04 Å². The molecule has 3 N–H and O–H groups in total. The highest BCUT2D eigenvalue weighted by Gasteiger charge is 2.15. The molecule has 1 unspecified atom stereocenters. The van der Waals surface area contributed by atoms with Crippen molar-refractivity contribution in [3.63, 3.8) is 0 Å². The molecule has 0 saturated heterocycles. The minimum Gasteiger partial charge on any atom is -0.374 e. The molecule has 25 heavy (non-hydrogen) atoms. The summed E-state index contributed by atoms with van der Waals surface area (Å²) in [6.07, 6.45) is 1.10. The summed E-state index contributed by atoms with van der Waals surface area (Å²) in [6, 6.07) is 12.1. The lowest BCUT2D eigenvalue weighted by Crippen LogP contribution is -2.32. The lowest BCUT2D eigenvalue weighted by Gasteiger charge is -2.18. The summed E-state index contributed by atoms with van der Waals surface area (Å²) in [4.78, 5) is 12.4. The quantitative estimate of drug-likeness (QED) is 0.738. The normalized spacial score (nSPS) is 12.3. The van der Waals surface area contributed by atoms with Crippen LogP contribution >= 0.6 is 0 Å². The first-order chi connectivity index (χ1) is 11.7. The predicted molar refractivity (Wildman–Crippen MR) is 103 cm³/mol. The molecule has 0 fully saturated rings. The Morgan fingerprint density at radius 2 is 1.48 bits per heavy atom. The molecule has 0 aliphatic carbocycles. The molecule has 1 amide bonds. The average Bonchev–Trinajstić information content (AvgIpc) is 2.51. The van der Waals surface area contributed by atoms with Crippen molar-refractivity contribution in [2.24, 2.45) is 0 Å². The first-order valence-electron chi connectivity index (χ1n) is 7.87. The minimum absolute atomic E-state index is 0.143. The lowest BCUT2D eigenvalue weighted by molar-refractivity contribution is -0.116. The number of hydrogen-bond acceptors (Lipinski definition) is 4. The second-order valence-corrected chi connectivity index (χ2v) is 7.82. The third kappa shape index (κ3) is 5.49. The molecule has 2 rings (SSSR count). The number of hydrogen-bond donors (Lipinski definition) is 3. The van der Waals surface area contributed by atoms with Crippen molar-refractivity contribution >= 4 is 33.0 Å². The van der Waals surface area contributed by atoms with Gasteiger partial charge in [-0.3, -0.25) is 9.52 Å². The summed E-state index contributed by atoms with van der Waals surface area (Å²) < 4.78 is 24.8. The highest BCUT2D eigenvalue weighted by atomic mass is 32.2. The van der Waals surface area contributed by atoms with Crippen molar-refractivity contribution in [3.05, 3.63) is 53.6 Å². The molecule has 0 spiro atoms. The van der Waals surface area contributed by atoms with Gasteiger partial charge < -0.3 is 10.6 Å². The zero-order chi connectivity index (χ0) is 18.6. The minimum atomic E-state index is -3.30. The molecule has 2 aromatic carbocycles. The fourth-order valence-corrected chi connectivity index (χ4v) is 2.97. The fourth-order valence-electron chi connectivity index (χ4n) is 2.41. The molecule has 0 heterocycles. The lowest BCUT2D eigenvalue weighted by atomic mass is 10.1. The molecule has 0 aromatic heterocycles. The number of nitrogens with one attached hydrogen (secondary N) is 3. The second kappa shape index (κ2) is 7.57. The van der Waals surface area contributed by atoms with Crippen molar-refractivity contribution < 1.29 is 13.2 Å². The van der Waals surface area contributed by atoms with Gasteiger partial charge in [0, 0.05) is 17.1 Å². The summed E-state index contributed by atoms with van der Waals surface area (Å²) >= 11 is 0. The number of carbonyl (C=O) groups is 1. The monoisotopic (exact) mass is 361 g/mol. The van der Waals surface area contributed by atoms with Crippen LogP contribution in [0.5, 0.6) is 0 Å². The molecule has 2 aromatic rings. The van der Waals surface area contributed by atoms with Gasteiger partial charge in [-0.2, -0.15) is 0 Å². The van der Waals surface area contributed by atoms with Crippen LogP contribution in [-0.2, 0) is 14.8 Å². The van der Waals surface area contributed by atoms with Crippen molar-refractivity contribution in [1.29, 1.82) is 0 Å². The fraction of sp³-hybridized carbons (Fsp3) is 0.278. The van der Waals surface area contributed by atoms with E-state index in [9.17, 15) is 13.2 Å². The zero-order valence-electron chi connectivity index (χ0n) is 14.8. The van der Waals surface area contributed by atoms with E-state index in [0.717, 1.165) is 28.8 Å². The maximum atomic E-state index is 12.4. The molecule has 1 atom stereocenters. The molecule has 134 valence electrons. The zero-order valence-corrected chi connectivity index (χ0v) is 15.6. The van der Waals surface area contributed by atoms with Crippen molar-refractivity contribution in [2.75, 3.05) is 21.6 Å². The SMILES string of the molecule is Cc1cccc(C)c1NC(=O)C(C)Nc1ccc(NS(C)(=O)=O)cc1. The number of anilines is 3. The summed E-state index contributed by atoms with van der Waals surface area (Å²) in [6.45, 7) is 5.67. The van der Waals surface area contributed by atoms with Crippen LogP contribution in [0.3, 0.4) is 0 Å². The second-order valence-electron chi connectivity index (χ2n) is 6.07. The van der Waals surface area contributed by atoms with Gasteiger partial charge in [0.25, 0.3) is 0 Å². The number of para-hydroxylation sites is 1. The van der Waals surface area contributed by atoms with Crippen molar-refractivity contribution in [1.82, 2.24) is 0 Å². The number of amides is 1. The number of aryl methyl sites for hydroxylation is 2. The molecular formula is C18H23N3O3S. The van der Waals surface area contributed by atoms with Gasteiger partial charge in [-0.15, -0.1) is 0 Å². The van der Waals surface area contributed by atoms with Gasteiger partial charge in [0.05, 0.1) is 6.26 Å². The predicted octanol–water partition coefficient (Wildman–Crippen LogP) is 3.11. The van der Waals surface area contributed by atoms with E-state index in [1.54, 1.807) is 31.2 Å². The first-order valence-corrected chi connectivity index (χ1v) is 9.76. The van der Waals surface area contributed by atoms with E-state index in [2.05, 4.69) is 15.4 Å². The van der Waals surface area contributed by atoms with Crippen molar-refractivity contribution in [3.8, 4) is 0 Å². The topological polar surface area (TPSA) is 87.3 Å². The van der Waals surface area contributed by atoms with E-state index in [-0.39, 0.29) is 5.91 Å². The van der Waals surface area contributed by atoms with Crippen LogP contribution in [0.25, 0.3) is 0 Å². The number of sulfonamides is 1. The van der Waals surface area contributed by atoms with Gasteiger partial charge in [-0.05, 0) is 56.2 Å². The summed E-state index contributed by atoms with van der Waals surface area (Å²) in [7, 11) is -3.30. The van der Waals surface area contributed by atoms with E-state index in [4.69, 9.17) is 0 Å². The molecule has 6 nitrogen and oxygen atoms in total. The smallest absolute Gasteiger partial charge is 0.246 e. The Morgan fingerprint density at radius 1 is 0.960 bits per heavy atom. The maximum Gasteiger partial charge on any atom is 0.246 e. The van der Waals surface area contributed by atoms with E-state index >= 15 is 0 Å². The van der Waals surface area contributed by atoms with Gasteiger partial charge in [0.15, 0.2) is 0 Å². The standard InChI is InChI=1S/C18H23N3O3S/c1-12-6-5-7-13(2)17(12)20-18(22)14(3)19-15-8-10-16(11-9-15)21-25(4,23)24/h5-11,14,19,21H,1-4H3,(H,20,22). The molecule has 0 bridgehead atoms. The van der Waals surface area contributed by atoms with Crippen LogP contribution in [0, 0.1) is 13.8 Å². The van der Waals surface area contributed by atoms with E-state index < -0.39 is 16.1 Å². The molecule has 7 heteroatoms. The largest absolute Gasteiger partial charge is 0.374 e. The van der Waals surface area contributed by atoms with Crippen LogP contribution in [0.2, 0.25) is 0 Å². The average molecular weight is 361 g/mol. The Hall–Kier alpha value is -2.54. The Labute approximate surface area is 148 Å². The van der Waals surface area contributed by atoms with E-state index in [0.29, 0.717) is 5.69 Å². The maximum absolute atomic E-state index is 12.4. The number of rotatable bonds is 6. The van der Waals surface area contributed by atoms with E-state index in [1.807, 2.05) is 32.0 Å². The molecule has 0 radical (unpaired) electrons. The molecule has 0 aliphatic rings. The number of carbonyl (C=O) groups excluding carboxylic acids is 1. The van der Waals surface area contributed by atoms with Gasteiger partial charge in [-0.25, -0.2) is 8.42 Å². The first kappa shape index (κ1) is 18.8. The highest BCUT2D eigenvalue weighted by molar-refractivity contribution is 7.92. The summed E-state index contributed by atoms with van der Waals surface area (Å²) in [5.74, 6) is -0.143. The van der Waals surface area contributed by atoms with E-state index in [1.165, 1.54) is 0 Å². The van der Waals surface area contributed by atoms with Gasteiger partial charge >= 0.3 is 0 Å².